The molecule has 1 N–H and O–H groups in total. The van der Waals surface area contributed by atoms with Crippen molar-refractivity contribution in [3.8, 4) is 5.75 Å². The molecule has 1 fully saturated rings. The zero-order chi connectivity index (χ0) is 24.2. The number of pyridine rings is 2. The maximum absolute atomic E-state index is 12.8. The highest BCUT2D eigenvalue weighted by atomic mass is 16.5. The quantitative estimate of drug-likeness (QED) is 0.453. The van der Waals surface area contributed by atoms with Crippen molar-refractivity contribution < 1.29 is 14.3 Å². The topological polar surface area (TPSA) is 84.4 Å². The lowest BCUT2D eigenvalue weighted by Crippen LogP contribution is -2.41. The highest BCUT2D eigenvalue weighted by Crippen LogP contribution is 2.27. The summed E-state index contributed by atoms with van der Waals surface area (Å²) >= 11 is 0. The second kappa shape index (κ2) is 9.93. The summed E-state index contributed by atoms with van der Waals surface area (Å²) in [5.74, 6) is 0.511. The minimum absolute atomic E-state index is 0.000575. The number of benzene rings is 2. The molecule has 2 aromatic heterocycles. The molecule has 176 valence electrons. The predicted molar refractivity (Wildman–Crippen MR) is 135 cm³/mol. The monoisotopic (exact) mass is 466 g/mol. The molecule has 1 aliphatic heterocycles. The fraction of sp³-hybridized carbons (Fsp3) is 0.214. The molecular formula is C28H26N4O3. The lowest BCUT2D eigenvalue weighted by Gasteiger charge is -2.32. The molecule has 0 bridgehead atoms. The van der Waals surface area contributed by atoms with Gasteiger partial charge >= 0.3 is 0 Å². The first kappa shape index (κ1) is 22.5. The molecule has 0 saturated carbocycles. The number of para-hydroxylation sites is 1. The van der Waals surface area contributed by atoms with E-state index in [-0.39, 0.29) is 17.9 Å². The van der Waals surface area contributed by atoms with Gasteiger partial charge in [-0.25, -0.2) is 0 Å². The van der Waals surface area contributed by atoms with Crippen LogP contribution in [0.1, 0.15) is 39.1 Å². The van der Waals surface area contributed by atoms with Crippen LogP contribution in [0.4, 0.5) is 5.69 Å². The molecule has 0 radical (unpaired) electrons. The SMILES string of the molecule is Cc1ccc(NC(=O)c2cnc3ccccc3c2)cc1OC1CCN(C(=O)c2cccnc2)CC1. The van der Waals surface area contributed by atoms with Gasteiger partial charge in [-0.2, -0.15) is 0 Å². The van der Waals surface area contributed by atoms with Crippen LogP contribution >= 0.6 is 0 Å². The highest BCUT2D eigenvalue weighted by molar-refractivity contribution is 6.05. The lowest BCUT2D eigenvalue weighted by molar-refractivity contribution is 0.0594. The molecule has 0 unspecified atom stereocenters. The van der Waals surface area contributed by atoms with Crippen molar-refractivity contribution in [2.75, 3.05) is 18.4 Å². The number of amides is 2. The number of rotatable bonds is 5. The van der Waals surface area contributed by atoms with Crippen molar-refractivity contribution in [2.24, 2.45) is 0 Å². The number of likely N-dealkylation sites (tertiary alicyclic amines) is 1. The molecule has 1 saturated heterocycles. The van der Waals surface area contributed by atoms with Crippen molar-refractivity contribution in [1.29, 1.82) is 0 Å². The molecule has 5 rings (SSSR count). The van der Waals surface area contributed by atoms with Gasteiger partial charge in [0.15, 0.2) is 0 Å². The molecule has 3 heterocycles. The normalized spacial score (nSPS) is 14.0. The summed E-state index contributed by atoms with van der Waals surface area (Å²) in [4.78, 5) is 35.7. The molecule has 1 aliphatic rings. The molecule has 7 nitrogen and oxygen atoms in total. The molecule has 0 spiro atoms. The van der Waals surface area contributed by atoms with E-state index in [2.05, 4.69) is 15.3 Å². The van der Waals surface area contributed by atoms with Crippen LogP contribution in [-0.4, -0.2) is 45.9 Å². The third-order valence-electron chi connectivity index (χ3n) is 6.23. The third-order valence-corrected chi connectivity index (χ3v) is 6.23. The van der Waals surface area contributed by atoms with Crippen LogP contribution in [0.15, 0.2) is 79.3 Å². The van der Waals surface area contributed by atoms with Gasteiger partial charge in [-0.05, 0) is 42.8 Å². The van der Waals surface area contributed by atoms with E-state index in [0.717, 1.165) is 35.1 Å². The number of ether oxygens (including phenoxy) is 1. The van der Waals surface area contributed by atoms with Gasteiger partial charge in [0.25, 0.3) is 11.8 Å². The lowest BCUT2D eigenvalue weighted by atomic mass is 10.1. The smallest absolute Gasteiger partial charge is 0.257 e. The van der Waals surface area contributed by atoms with Gasteiger partial charge in [-0.15, -0.1) is 0 Å². The Labute approximate surface area is 203 Å². The van der Waals surface area contributed by atoms with Crippen molar-refractivity contribution in [3.63, 3.8) is 0 Å². The molecule has 2 amide bonds. The zero-order valence-electron chi connectivity index (χ0n) is 19.5. The minimum Gasteiger partial charge on any atom is -0.490 e. The number of nitrogens with zero attached hydrogens (tertiary/aromatic N) is 3. The number of carbonyl (C=O) groups excluding carboxylic acids is 2. The number of hydrogen-bond donors (Lipinski definition) is 1. The number of piperidine rings is 1. The number of aromatic nitrogens is 2. The van der Waals surface area contributed by atoms with Gasteiger partial charge in [0.2, 0.25) is 0 Å². The average molecular weight is 467 g/mol. The van der Waals surface area contributed by atoms with E-state index in [1.165, 1.54) is 0 Å². The number of anilines is 1. The van der Waals surface area contributed by atoms with Crippen LogP contribution in [-0.2, 0) is 0 Å². The van der Waals surface area contributed by atoms with Gasteiger partial charge in [0, 0.05) is 61.7 Å². The van der Waals surface area contributed by atoms with Crippen LogP contribution in [0.2, 0.25) is 0 Å². The Bertz CT molecular complexity index is 1370. The van der Waals surface area contributed by atoms with E-state index in [4.69, 9.17) is 4.74 Å². The molecule has 2 aromatic carbocycles. The Morgan fingerprint density at radius 2 is 1.80 bits per heavy atom. The van der Waals surface area contributed by atoms with Gasteiger partial charge in [0.1, 0.15) is 11.9 Å². The van der Waals surface area contributed by atoms with E-state index in [1.807, 2.05) is 60.4 Å². The fourth-order valence-electron chi connectivity index (χ4n) is 4.23. The average Bonchev–Trinajstić information content (AvgIpc) is 2.91. The van der Waals surface area contributed by atoms with E-state index in [1.54, 1.807) is 30.7 Å². The largest absolute Gasteiger partial charge is 0.490 e. The summed E-state index contributed by atoms with van der Waals surface area (Å²) in [5, 5.41) is 3.87. The van der Waals surface area contributed by atoms with Crippen molar-refractivity contribution in [2.45, 2.75) is 25.9 Å². The molecule has 35 heavy (non-hydrogen) atoms. The summed E-state index contributed by atoms with van der Waals surface area (Å²) in [7, 11) is 0. The summed E-state index contributed by atoms with van der Waals surface area (Å²) in [6.07, 6.45) is 6.33. The number of carbonyl (C=O) groups is 2. The Morgan fingerprint density at radius 3 is 2.60 bits per heavy atom. The van der Waals surface area contributed by atoms with E-state index < -0.39 is 0 Å². The highest BCUT2D eigenvalue weighted by Gasteiger charge is 2.25. The molecular weight excluding hydrogens is 440 g/mol. The first-order valence-corrected chi connectivity index (χ1v) is 11.7. The number of hydrogen-bond acceptors (Lipinski definition) is 5. The predicted octanol–water partition coefficient (Wildman–Crippen LogP) is 4.87. The van der Waals surface area contributed by atoms with Crippen LogP contribution in [0.25, 0.3) is 10.9 Å². The first-order valence-electron chi connectivity index (χ1n) is 11.7. The van der Waals surface area contributed by atoms with Crippen LogP contribution in [0.3, 0.4) is 0 Å². The molecule has 0 atom stereocenters. The van der Waals surface area contributed by atoms with Crippen LogP contribution in [0.5, 0.6) is 5.75 Å². The van der Waals surface area contributed by atoms with Crippen LogP contribution in [0, 0.1) is 6.92 Å². The second-order valence-electron chi connectivity index (χ2n) is 8.70. The Hall–Kier alpha value is -4.26. The minimum atomic E-state index is -0.222. The maximum atomic E-state index is 12.8. The van der Waals surface area contributed by atoms with Gasteiger partial charge < -0.3 is 15.0 Å². The second-order valence-corrected chi connectivity index (χ2v) is 8.70. The van der Waals surface area contributed by atoms with E-state index in [0.29, 0.717) is 29.9 Å². The zero-order valence-corrected chi connectivity index (χ0v) is 19.5. The molecule has 4 aromatic rings. The van der Waals surface area contributed by atoms with E-state index >= 15 is 0 Å². The number of aryl methyl sites for hydroxylation is 1. The summed E-state index contributed by atoms with van der Waals surface area (Å²) in [6.45, 7) is 3.24. The van der Waals surface area contributed by atoms with Gasteiger partial charge in [-0.1, -0.05) is 24.3 Å². The Morgan fingerprint density at radius 1 is 0.971 bits per heavy atom. The fourth-order valence-corrected chi connectivity index (χ4v) is 4.23. The summed E-state index contributed by atoms with van der Waals surface area (Å²) in [5.41, 5.74) is 3.60. The summed E-state index contributed by atoms with van der Waals surface area (Å²) in [6, 6.07) is 18.8. The standard InChI is InChI=1S/C28H26N4O3/c1-19-8-9-23(31-27(33)22-15-20-5-2-3-7-25(20)30-18-22)16-26(19)35-24-10-13-32(14-11-24)28(34)21-6-4-12-29-17-21/h2-9,12,15-18,24H,10-11,13-14H2,1H3,(H,31,33). The molecule has 0 aliphatic carbocycles. The van der Waals surface area contributed by atoms with Crippen molar-refractivity contribution in [3.05, 3.63) is 95.9 Å². The number of fused-ring (bicyclic) bond motifs is 1. The van der Waals surface area contributed by atoms with Gasteiger partial charge in [-0.3, -0.25) is 19.6 Å². The maximum Gasteiger partial charge on any atom is 0.257 e. The van der Waals surface area contributed by atoms with Gasteiger partial charge in [0.05, 0.1) is 16.6 Å². The van der Waals surface area contributed by atoms with Crippen LogP contribution < -0.4 is 10.1 Å². The van der Waals surface area contributed by atoms with E-state index in [9.17, 15) is 9.59 Å². The number of nitrogens with one attached hydrogen (secondary N) is 1. The first-order chi connectivity index (χ1) is 17.1. The third kappa shape index (κ3) is 5.14. The molecule has 7 heteroatoms. The van der Waals surface area contributed by atoms with Crippen molar-refractivity contribution in [1.82, 2.24) is 14.9 Å². The Balaban J connectivity index is 1.22. The van der Waals surface area contributed by atoms with Crippen molar-refractivity contribution >= 4 is 28.4 Å². The Kier molecular flexibility index (Phi) is 6.39. The summed E-state index contributed by atoms with van der Waals surface area (Å²) < 4.78 is 6.29.